The minimum absolute atomic E-state index is 0.0422. The lowest BCUT2D eigenvalue weighted by atomic mass is 10.1. The zero-order valence-electron chi connectivity index (χ0n) is 19.6. The highest BCUT2D eigenvalue weighted by atomic mass is 79.9. The summed E-state index contributed by atoms with van der Waals surface area (Å²) in [5, 5.41) is 13.4. The van der Waals surface area contributed by atoms with Crippen LogP contribution in [0.2, 0.25) is 10.0 Å². The summed E-state index contributed by atoms with van der Waals surface area (Å²) in [4.78, 5) is 12.6. The molecule has 0 heterocycles. The molecule has 0 fully saturated rings. The van der Waals surface area contributed by atoms with Crippen molar-refractivity contribution in [3.8, 4) is 23.3 Å². The molecule has 36 heavy (non-hydrogen) atoms. The van der Waals surface area contributed by atoms with Crippen molar-refractivity contribution < 1.29 is 19.0 Å². The molecule has 1 N–H and O–H groups in total. The molecule has 0 saturated carbocycles. The van der Waals surface area contributed by atoms with E-state index >= 15 is 0 Å². The van der Waals surface area contributed by atoms with E-state index in [0.29, 0.717) is 38.2 Å². The smallest absolute Gasteiger partial charge is 0.262 e. The van der Waals surface area contributed by atoms with Crippen molar-refractivity contribution in [2.24, 2.45) is 0 Å². The highest BCUT2D eigenvalue weighted by Gasteiger charge is 2.15. The second-order valence-electron chi connectivity index (χ2n) is 7.49. The fourth-order valence-corrected chi connectivity index (χ4v) is 4.24. The maximum absolute atomic E-state index is 12.6. The third-order valence-electron chi connectivity index (χ3n) is 5.01. The molecule has 0 saturated heterocycles. The molecule has 3 aromatic rings. The van der Waals surface area contributed by atoms with E-state index in [1.54, 1.807) is 49.6 Å². The zero-order chi connectivity index (χ0) is 26.1. The first-order valence-electron chi connectivity index (χ1n) is 10.9. The van der Waals surface area contributed by atoms with E-state index in [4.69, 9.17) is 37.4 Å². The molecule has 0 aliphatic heterocycles. The Labute approximate surface area is 228 Å². The minimum atomic E-state index is -0.486. The molecular weight excluding hydrogens is 567 g/mol. The zero-order valence-corrected chi connectivity index (χ0v) is 22.7. The van der Waals surface area contributed by atoms with E-state index in [1.165, 1.54) is 6.08 Å². The van der Waals surface area contributed by atoms with Gasteiger partial charge in [-0.05, 0) is 76.5 Å². The predicted octanol–water partition coefficient (Wildman–Crippen LogP) is 6.97. The van der Waals surface area contributed by atoms with Gasteiger partial charge in [-0.15, -0.1) is 0 Å². The largest absolute Gasteiger partial charge is 0.497 e. The average Bonchev–Trinajstić information content (AvgIpc) is 2.86. The minimum Gasteiger partial charge on any atom is -0.497 e. The van der Waals surface area contributed by atoms with Crippen molar-refractivity contribution in [3.05, 3.63) is 91.4 Å². The number of ether oxygens (including phenoxy) is 3. The average molecular weight is 590 g/mol. The molecule has 9 heteroatoms. The van der Waals surface area contributed by atoms with E-state index in [9.17, 15) is 10.1 Å². The molecule has 0 spiro atoms. The SMILES string of the molecule is CCOc1cc(/C=C(/C#N)C(=O)NCc2ccc(OC)cc2)cc(Br)c1OCc1ccc(Cl)cc1Cl. The van der Waals surface area contributed by atoms with Crippen LogP contribution < -0.4 is 19.5 Å². The van der Waals surface area contributed by atoms with Crippen LogP contribution in [0.5, 0.6) is 17.2 Å². The molecule has 0 aliphatic rings. The van der Waals surface area contributed by atoms with Crippen molar-refractivity contribution >= 4 is 51.1 Å². The molecule has 3 rings (SSSR count). The first kappa shape index (κ1) is 27.4. The number of amides is 1. The summed E-state index contributed by atoms with van der Waals surface area (Å²) in [7, 11) is 1.59. The molecule has 0 radical (unpaired) electrons. The number of halogens is 3. The number of hydrogen-bond acceptors (Lipinski definition) is 5. The van der Waals surface area contributed by atoms with E-state index in [0.717, 1.165) is 16.9 Å². The molecule has 6 nitrogen and oxygen atoms in total. The van der Waals surface area contributed by atoms with Crippen LogP contribution >= 0.6 is 39.1 Å². The van der Waals surface area contributed by atoms with Crippen LogP contribution in [0.15, 0.2) is 64.6 Å². The first-order chi connectivity index (χ1) is 17.3. The number of benzene rings is 3. The molecule has 3 aromatic carbocycles. The van der Waals surface area contributed by atoms with Gasteiger partial charge in [0.25, 0.3) is 5.91 Å². The molecule has 0 aromatic heterocycles. The van der Waals surface area contributed by atoms with Gasteiger partial charge in [0.1, 0.15) is 24.0 Å². The number of rotatable bonds is 10. The Morgan fingerprint density at radius 3 is 2.50 bits per heavy atom. The summed E-state index contributed by atoms with van der Waals surface area (Å²) in [5.41, 5.74) is 2.20. The standard InChI is InChI=1S/C27H23BrCl2N2O4/c1-3-35-25-12-18(11-23(28)26(25)36-16-19-6-7-21(29)13-24(19)30)10-20(14-31)27(33)32-15-17-4-8-22(34-2)9-5-17/h4-13H,3,15-16H2,1-2H3,(H,32,33)/b20-10-. The van der Waals surface area contributed by atoms with Gasteiger partial charge in [-0.2, -0.15) is 5.26 Å². The number of methoxy groups -OCH3 is 1. The molecule has 0 aliphatic carbocycles. The van der Waals surface area contributed by atoms with Crippen molar-refractivity contribution in [1.82, 2.24) is 5.32 Å². The van der Waals surface area contributed by atoms with Gasteiger partial charge in [-0.3, -0.25) is 4.79 Å². The van der Waals surface area contributed by atoms with Crippen LogP contribution in [0.25, 0.3) is 6.08 Å². The van der Waals surface area contributed by atoms with Gasteiger partial charge in [0.15, 0.2) is 11.5 Å². The van der Waals surface area contributed by atoms with Crippen LogP contribution in [0, 0.1) is 11.3 Å². The summed E-state index contributed by atoms with van der Waals surface area (Å²) in [5.74, 6) is 1.17. The van der Waals surface area contributed by atoms with Crippen LogP contribution in [-0.4, -0.2) is 19.6 Å². The predicted molar refractivity (Wildman–Crippen MR) is 145 cm³/mol. The van der Waals surface area contributed by atoms with Gasteiger partial charge in [-0.1, -0.05) is 41.4 Å². The maximum Gasteiger partial charge on any atom is 0.262 e. The number of carbonyl (C=O) groups excluding carboxylic acids is 1. The number of hydrogen-bond donors (Lipinski definition) is 1. The van der Waals surface area contributed by atoms with E-state index in [2.05, 4.69) is 21.2 Å². The second kappa shape index (κ2) is 13.2. The number of nitrogens with one attached hydrogen (secondary N) is 1. The Balaban J connectivity index is 1.77. The van der Waals surface area contributed by atoms with Gasteiger partial charge in [0, 0.05) is 22.2 Å². The van der Waals surface area contributed by atoms with Crippen LogP contribution in [0.4, 0.5) is 0 Å². The third-order valence-corrected chi connectivity index (χ3v) is 6.18. The van der Waals surface area contributed by atoms with Gasteiger partial charge in [-0.25, -0.2) is 0 Å². The van der Waals surface area contributed by atoms with Gasteiger partial charge >= 0.3 is 0 Å². The van der Waals surface area contributed by atoms with Crippen molar-refractivity contribution in [2.75, 3.05) is 13.7 Å². The van der Waals surface area contributed by atoms with Crippen LogP contribution in [-0.2, 0) is 17.9 Å². The molecule has 0 bridgehead atoms. The number of carbonyl (C=O) groups is 1. The van der Waals surface area contributed by atoms with E-state index < -0.39 is 5.91 Å². The van der Waals surface area contributed by atoms with Crippen molar-refractivity contribution in [2.45, 2.75) is 20.1 Å². The molecular formula is C27H23BrCl2N2O4. The lowest BCUT2D eigenvalue weighted by Crippen LogP contribution is -2.23. The summed E-state index contributed by atoms with van der Waals surface area (Å²) >= 11 is 15.7. The summed E-state index contributed by atoms with van der Waals surface area (Å²) < 4.78 is 17.5. The van der Waals surface area contributed by atoms with Gasteiger partial charge in [0.05, 0.1) is 18.2 Å². The highest BCUT2D eigenvalue weighted by Crippen LogP contribution is 2.38. The molecule has 1 amide bonds. The number of nitrogens with zero attached hydrogens (tertiary/aromatic N) is 1. The van der Waals surface area contributed by atoms with Gasteiger partial charge in [0.2, 0.25) is 0 Å². The monoisotopic (exact) mass is 588 g/mol. The fourth-order valence-electron chi connectivity index (χ4n) is 3.20. The Bertz CT molecular complexity index is 1300. The van der Waals surface area contributed by atoms with E-state index in [1.807, 2.05) is 25.1 Å². The quantitative estimate of drug-likeness (QED) is 0.204. The number of nitriles is 1. The second-order valence-corrected chi connectivity index (χ2v) is 9.19. The molecule has 0 unspecified atom stereocenters. The molecule has 0 atom stereocenters. The Morgan fingerprint density at radius 1 is 1.11 bits per heavy atom. The normalized spacial score (nSPS) is 10.9. The third kappa shape index (κ3) is 7.41. The fraction of sp³-hybridized carbons (Fsp3) is 0.185. The maximum atomic E-state index is 12.6. The lowest BCUT2D eigenvalue weighted by Gasteiger charge is -2.15. The van der Waals surface area contributed by atoms with E-state index in [-0.39, 0.29) is 18.7 Å². The Kier molecular flexibility index (Phi) is 10.1. The Morgan fingerprint density at radius 2 is 1.86 bits per heavy atom. The van der Waals surface area contributed by atoms with Crippen molar-refractivity contribution in [1.29, 1.82) is 5.26 Å². The van der Waals surface area contributed by atoms with Gasteiger partial charge < -0.3 is 19.5 Å². The topological polar surface area (TPSA) is 80.6 Å². The lowest BCUT2D eigenvalue weighted by molar-refractivity contribution is -0.117. The summed E-state index contributed by atoms with van der Waals surface area (Å²) in [6.45, 7) is 2.71. The molecule has 186 valence electrons. The summed E-state index contributed by atoms with van der Waals surface area (Å²) in [6.07, 6.45) is 1.50. The highest BCUT2D eigenvalue weighted by molar-refractivity contribution is 9.10. The van der Waals surface area contributed by atoms with Crippen LogP contribution in [0.1, 0.15) is 23.6 Å². The summed E-state index contributed by atoms with van der Waals surface area (Å²) in [6, 6.07) is 17.9. The Hall–Kier alpha value is -3.18. The van der Waals surface area contributed by atoms with Crippen molar-refractivity contribution in [3.63, 3.8) is 0 Å². The van der Waals surface area contributed by atoms with Crippen LogP contribution in [0.3, 0.4) is 0 Å². The first-order valence-corrected chi connectivity index (χ1v) is 12.5.